The van der Waals surface area contributed by atoms with Crippen LogP contribution >= 0.6 is 0 Å². The molecule has 1 atom stereocenters. The van der Waals surface area contributed by atoms with Gasteiger partial charge in [0.05, 0.1) is 6.20 Å². The van der Waals surface area contributed by atoms with E-state index in [1.54, 1.807) is 6.20 Å². The van der Waals surface area contributed by atoms with E-state index in [0.717, 1.165) is 18.5 Å². The Balaban J connectivity index is 2.11. The van der Waals surface area contributed by atoms with E-state index in [9.17, 15) is 4.39 Å². The third-order valence-corrected chi connectivity index (χ3v) is 3.12. The highest BCUT2D eigenvalue weighted by Gasteiger charge is 2.09. The van der Waals surface area contributed by atoms with E-state index in [0.29, 0.717) is 6.54 Å². The second kappa shape index (κ2) is 6.48. The highest BCUT2D eigenvalue weighted by atomic mass is 19.1. The Hall–Kier alpha value is -1.68. The first-order chi connectivity index (χ1) is 9.20. The predicted octanol–water partition coefficient (Wildman–Crippen LogP) is 3.13. The van der Waals surface area contributed by atoms with Crippen molar-refractivity contribution in [2.24, 2.45) is 0 Å². The number of nitrogens with zero attached hydrogens (tertiary/aromatic N) is 2. The summed E-state index contributed by atoms with van der Waals surface area (Å²) >= 11 is 0. The van der Waals surface area contributed by atoms with Crippen LogP contribution in [0.25, 0.3) is 0 Å². The summed E-state index contributed by atoms with van der Waals surface area (Å²) in [5.74, 6) is -0.289. The zero-order chi connectivity index (χ0) is 13.7. The van der Waals surface area contributed by atoms with E-state index in [2.05, 4.69) is 34.8 Å². The fourth-order valence-corrected chi connectivity index (χ4v) is 2.17. The number of halogens is 1. The summed E-state index contributed by atoms with van der Waals surface area (Å²) in [5, 5.41) is 3.46. The molecule has 0 amide bonds. The lowest BCUT2D eigenvalue weighted by Crippen LogP contribution is -2.22. The van der Waals surface area contributed by atoms with Crippen LogP contribution in [0.3, 0.4) is 0 Å². The quantitative estimate of drug-likeness (QED) is 0.865. The molecule has 0 bridgehead atoms. The van der Waals surface area contributed by atoms with Crippen LogP contribution in [0.2, 0.25) is 0 Å². The van der Waals surface area contributed by atoms with Crippen molar-refractivity contribution in [3.63, 3.8) is 0 Å². The average Bonchev–Trinajstić information content (AvgIpc) is 2.84. The molecule has 0 saturated heterocycles. The summed E-state index contributed by atoms with van der Waals surface area (Å²) in [7, 11) is 0. The molecule has 4 heteroatoms. The second-order valence-electron chi connectivity index (χ2n) is 4.75. The average molecular weight is 261 g/mol. The van der Waals surface area contributed by atoms with Crippen LogP contribution in [0.4, 0.5) is 4.39 Å². The summed E-state index contributed by atoms with van der Waals surface area (Å²) in [6, 6.07) is 5.93. The van der Waals surface area contributed by atoms with Crippen molar-refractivity contribution >= 4 is 0 Å². The van der Waals surface area contributed by atoms with Crippen LogP contribution in [-0.2, 0) is 6.54 Å². The highest BCUT2D eigenvalue weighted by Crippen LogP contribution is 2.15. The zero-order valence-electron chi connectivity index (χ0n) is 11.4. The van der Waals surface area contributed by atoms with E-state index in [1.807, 2.05) is 12.3 Å². The van der Waals surface area contributed by atoms with Gasteiger partial charge >= 0.3 is 0 Å². The molecule has 102 valence electrons. The molecule has 0 aliphatic carbocycles. The minimum absolute atomic E-state index is 0.288. The molecule has 0 aliphatic heterocycles. The second-order valence-corrected chi connectivity index (χ2v) is 4.75. The fourth-order valence-electron chi connectivity index (χ4n) is 2.17. The van der Waals surface area contributed by atoms with Crippen LogP contribution in [-0.4, -0.2) is 16.1 Å². The van der Waals surface area contributed by atoms with Crippen molar-refractivity contribution in [1.29, 1.82) is 0 Å². The Morgan fingerprint density at radius 3 is 3.00 bits per heavy atom. The lowest BCUT2D eigenvalue weighted by molar-refractivity contribution is 0.533. The molecule has 2 aromatic heterocycles. The SMILES string of the molecule is CCCNC(C)c1cccn1Cc1cncc(F)c1. The standard InChI is InChI=1S/C15H20FN3/c1-3-6-18-12(2)15-5-4-7-19(15)11-13-8-14(16)10-17-9-13/h4-5,7-10,12,18H,3,6,11H2,1-2H3. The topological polar surface area (TPSA) is 29.9 Å². The minimum atomic E-state index is -0.289. The van der Waals surface area contributed by atoms with Crippen LogP contribution in [0.15, 0.2) is 36.8 Å². The predicted molar refractivity (Wildman–Crippen MR) is 74.4 cm³/mol. The molecule has 0 fully saturated rings. The van der Waals surface area contributed by atoms with Gasteiger partial charge < -0.3 is 9.88 Å². The Bertz CT molecular complexity index is 522. The van der Waals surface area contributed by atoms with Crippen LogP contribution in [0.1, 0.15) is 37.6 Å². The molecule has 2 heterocycles. The van der Waals surface area contributed by atoms with Crippen LogP contribution < -0.4 is 5.32 Å². The van der Waals surface area contributed by atoms with Gasteiger partial charge in [0, 0.05) is 30.7 Å². The Kier molecular flexibility index (Phi) is 4.68. The molecule has 0 radical (unpaired) electrons. The zero-order valence-corrected chi connectivity index (χ0v) is 11.4. The molecule has 0 saturated carbocycles. The molecule has 1 unspecified atom stereocenters. The number of hydrogen-bond donors (Lipinski definition) is 1. The van der Waals surface area contributed by atoms with E-state index in [1.165, 1.54) is 18.0 Å². The van der Waals surface area contributed by atoms with Crippen molar-refractivity contribution in [3.05, 3.63) is 53.9 Å². The van der Waals surface area contributed by atoms with E-state index >= 15 is 0 Å². The number of pyridine rings is 1. The molecule has 2 rings (SSSR count). The summed E-state index contributed by atoms with van der Waals surface area (Å²) < 4.78 is 15.3. The molecule has 1 N–H and O–H groups in total. The smallest absolute Gasteiger partial charge is 0.141 e. The lowest BCUT2D eigenvalue weighted by Gasteiger charge is -2.17. The van der Waals surface area contributed by atoms with Gasteiger partial charge in [0.25, 0.3) is 0 Å². The van der Waals surface area contributed by atoms with E-state index in [-0.39, 0.29) is 11.9 Å². The normalized spacial score (nSPS) is 12.6. The fraction of sp³-hybridized carbons (Fsp3) is 0.400. The van der Waals surface area contributed by atoms with Gasteiger partial charge in [-0.3, -0.25) is 4.98 Å². The van der Waals surface area contributed by atoms with Crippen molar-refractivity contribution in [3.8, 4) is 0 Å². The first kappa shape index (κ1) is 13.7. The Morgan fingerprint density at radius 2 is 2.26 bits per heavy atom. The molecule has 3 nitrogen and oxygen atoms in total. The highest BCUT2D eigenvalue weighted by molar-refractivity contribution is 5.16. The van der Waals surface area contributed by atoms with Crippen molar-refractivity contribution < 1.29 is 4.39 Å². The molecular weight excluding hydrogens is 241 g/mol. The lowest BCUT2D eigenvalue weighted by atomic mass is 10.2. The number of hydrogen-bond acceptors (Lipinski definition) is 2. The maximum Gasteiger partial charge on any atom is 0.141 e. The van der Waals surface area contributed by atoms with Gasteiger partial charge in [-0.25, -0.2) is 4.39 Å². The molecule has 0 spiro atoms. The van der Waals surface area contributed by atoms with Gasteiger partial charge in [0.1, 0.15) is 5.82 Å². The summed E-state index contributed by atoms with van der Waals surface area (Å²) in [6.45, 7) is 5.93. The summed E-state index contributed by atoms with van der Waals surface area (Å²) in [6.07, 6.45) is 6.06. The van der Waals surface area contributed by atoms with E-state index < -0.39 is 0 Å². The number of rotatable bonds is 6. The van der Waals surface area contributed by atoms with Crippen LogP contribution in [0, 0.1) is 5.82 Å². The van der Waals surface area contributed by atoms with Gasteiger partial charge in [0.15, 0.2) is 0 Å². The molecule has 19 heavy (non-hydrogen) atoms. The summed E-state index contributed by atoms with van der Waals surface area (Å²) in [5.41, 5.74) is 2.08. The minimum Gasteiger partial charge on any atom is -0.346 e. The van der Waals surface area contributed by atoms with Gasteiger partial charge in [-0.15, -0.1) is 0 Å². The van der Waals surface area contributed by atoms with Crippen molar-refractivity contribution in [1.82, 2.24) is 14.9 Å². The monoisotopic (exact) mass is 261 g/mol. The molecular formula is C15H20FN3. The maximum atomic E-state index is 13.1. The third kappa shape index (κ3) is 3.64. The van der Waals surface area contributed by atoms with Gasteiger partial charge in [-0.05, 0) is 43.7 Å². The number of nitrogens with one attached hydrogen (secondary N) is 1. The largest absolute Gasteiger partial charge is 0.346 e. The Labute approximate surface area is 113 Å². The van der Waals surface area contributed by atoms with Crippen molar-refractivity contribution in [2.45, 2.75) is 32.9 Å². The first-order valence-electron chi connectivity index (χ1n) is 6.68. The Morgan fingerprint density at radius 1 is 1.42 bits per heavy atom. The maximum absolute atomic E-state index is 13.1. The van der Waals surface area contributed by atoms with Gasteiger partial charge in [-0.2, -0.15) is 0 Å². The molecule has 2 aromatic rings. The first-order valence-corrected chi connectivity index (χ1v) is 6.68. The van der Waals surface area contributed by atoms with Crippen LogP contribution in [0.5, 0.6) is 0 Å². The molecule has 0 aromatic carbocycles. The summed E-state index contributed by atoms with van der Waals surface area (Å²) in [4.78, 5) is 3.88. The van der Waals surface area contributed by atoms with Gasteiger partial charge in [-0.1, -0.05) is 6.92 Å². The number of aromatic nitrogens is 2. The van der Waals surface area contributed by atoms with Crippen molar-refractivity contribution in [2.75, 3.05) is 6.54 Å². The molecule has 0 aliphatic rings. The van der Waals surface area contributed by atoms with E-state index in [4.69, 9.17) is 0 Å². The third-order valence-electron chi connectivity index (χ3n) is 3.12. The van der Waals surface area contributed by atoms with Gasteiger partial charge in [0.2, 0.25) is 0 Å².